The first-order valence-corrected chi connectivity index (χ1v) is 11.0. The number of sulfonamides is 1. The summed E-state index contributed by atoms with van der Waals surface area (Å²) in [7, 11) is 1.58. The Hall–Kier alpha value is -2.00. The summed E-state index contributed by atoms with van der Waals surface area (Å²) < 4.78 is 31.4. The highest BCUT2D eigenvalue weighted by Gasteiger charge is 2.27. The Morgan fingerprint density at radius 1 is 1.41 bits per heavy atom. The number of amides is 1. The van der Waals surface area contributed by atoms with E-state index in [2.05, 4.69) is 15.4 Å². The van der Waals surface area contributed by atoms with Crippen LogP contribution in [-0.2, 0) is 10.0 Å². The lowest BCUT2D eigenvalue weighted by Crippen LogP contribution is -2.47. The van der Waals surface area contributed by atoms with E-state index in [9.17, 15) is 13.2 Å². The van der Waals surface area contributed by atoms with E-state index in [0.717, 1.165) is 32.1 Å². The largest absolute Gasteiger partial charge is 0.496 e. The lowest BCUT2D eigenvalue weighted by Gasteiger charge is -2.25. The molecule has 3 N–H and O–H groups in total. The zero-order valence-electron chi connectivity index (χ0n) is 16.6. The molecule has 0 spiro atoms. The number of nitrogens with one attached hydrogen (secondary N) is 3. The number of rotatable bonds is 8. The van der Waals surface area contributed by atoms with Gasteiger partial charge < -0.3 is 20.3 Å². The molecule has 1 aliphatic heterocycles. The van der Waals surface area contributed by atoms with Gasteiger partial charge in [-0.25, -0.2) is 8.42 Å². The summed E-state index contributed by atoms with van der Waals surface area (Å²) in [4.78, 5) is 14.7. The Morgan fingerprint density at radius 2 is 2.11 bits per heavy atom. The highest BCUT2D eigenvalue weighted by molar-refractivity contribution is 7.92. The molecule has 1 heterocycles. The third-order valence-electron chi connectivity index (χ3n) is 4.68. The Kier molecular flexibility index (Phi) is 6.94. The second-order valence-corrected chi connectivity index (χ2v) is 8.78. The van der Waals surface area contributed by atoms with Crippen molar-refractivity contribution < 1.29 is 17.9 Å². The lowest BCUT2D eigenvalue weighted by molar-refractivity contribution is 0.0924. The van der Waals surface area contributed by atoms with Crippen LogP contribution in [0.15, 0.2) is 12.1 Å². The van der Waals surface area contributed by atoms with Crippen LogP contribution in [0.3, 0.4) is 0 Å². The van der Waals surface area contributed by atoms with Crippen molar-refractivity contribution in [2.45, 2.75) is 38.3 Å². The maximum Gasteiger partial charge on any atom is 0.255 e. The number of hydrogen-bond acceptors (Lipinski definition) is 6. The molecule has 0 aromatic heterocycles. The highest BCUT2D eigenvalue weighted by Crippen LogP contribution is 2.33. The molecule has 1 fully saturated rings. The van der Waals surface area contributed by atoms with Crippen LogP contribution in [0.25, 0.3) is 0 Å². The number of nitrogens with zero attached hydrogens (tertiary/aromatic N) is 1. The summed E-state index contributed by atoms with van der Waals surface area (Å²) in [5.41, 5.74) is 1.24. The van der Waals surface area contributed by atoms with Gasteiger partial charge in [-0.3, -0.25) is 9.52 Å². The van der Waals surface area contributed by atoms with Crippen LogP contribution >= 0.6 is 0 Å². The monoisotopic (exact) mass is 398 g/mol. The quantitative estimate of drug-likeness (QED) is 0.612. The van der Waals surface area contributed by atoms with E-state index in [1.165, 1.54) is 13.2 Å². The van der Waals surface area contributed by atoms with Gasteiger partial charge in [-0.15, -0.1) is 0 Å². The molecule has 2 rings (SSSR count). The Balaban J connectivity index is 2.38. The normalized spacial score (nSPS) is 18.0. The van der Waals surface area contributed by atoms with Crippen LogP contribution in [0, 0.1) is 0 Å². The maximum atomic E-state index is 12.9. The van der Waals surface area contributed by atoms with Crippen LogP contribution in [0.4, 0.5) is 11.4 Å². The van der Waals surface area contributed by atoms with Gasteiger partial charge in [0.05, 0.1) is 30.3 Å². The van der Waals surface area contributed by atoms with E-state index in [4.69, 9.17) is 4.74 Å². The van der Waals surface area contributed by atoms with Crippen LogP contribution in [-0.4, -0.2) is 60.4 Å². The van der Waals surface area contributed by atoms with Crippen LogP contribution < -0.4 is 25.0 Å². The summed E-state index contributed by atoms with van der Waals surface area (Å²) in [6.07, 6.45) is 4.00. The molecule has 1 aromatic rings. The standard InChI is InChI=1S/C18H30N4O4S/c1-6-13(14-8-7-9-19-14)20-18(23)12-10-15(21-27(5,24)25)16(22(2)3)11-17(12)26-4/h10-11,13-14,19,21H,6-9H2,1-5H3,(H,20,23). The molecule has 1 saturated heterocycles. The zero-order valence-corrected chi connectivity index (χ0v) is 17.4. The molecule has 1 aliphatic rings. The van der Waals surface area contributed by atoms with E-state index in [1.54, 1.807) is 25.1 Å². The number of benzene rings is 1. The number of hydrogen-bond donors (Lipinski definition) is 3. The molecular formula is C18H30N4O4S. The molecular weight excluding hydrogens is 368 g/mol. The van der Waals surface area contributed by atoms with Gasteiger partial charge >= 0.3 is 0 Å². The zero-order chi connectivity index (χ0) is 20.2. The SMILES string of the molecule is CCC(NC(=O)c1cc(NS(C)(=O)=O)c(N(C)C)cc1OC)C1CCCN1. The minimum Gasteiger partial charge on any atom is -0.496 e. The molecule has 8 nitrogen and oxygen atoms in total. The van der Waals surface area contributed by atoms with E-state index in [-0.39, 0.29) is 18.0 Å². The molecule has 152 valence electrons. The second kappa shape index (κ2) is 8.79. The number of ether oxygens (including phenoxy) is 1. The molecule has 0 bridgehead atoms. The van der Waals surface area contributed by atoms with E-state index >= 15 is 0 Å². The number of anilines is 2. The molecule has 0 aliphatic carbocycles. The van der Waals surface area contributed by atoms with Gasteiger partial charge in [-0.05, 0) is 31.9 Å². The number of methoxy groups -OCH3 is 1. The van der Waals surface area contributed by atoms with Crippen molar-refractivity contribution in [3.63, 3.8) is 0 Å². The second-order valence-electron chi connectivity index (χ2n) is 7.03. The van der Waals surface area contributed by atoms with E-state index in [1.807, 2.05) is 6.92 Å². The fourth-order valence-electron chi connectivity index (χ4n) is 3.36. The van der Waals surface area contributed by atoms with Gasteiger partial charge in [0.2, 0.25) is 10.0 Å². The van der Waals surface area contributed by atoms with E-state index in [0.29, 0.717) is 22.7 Å². The van der Waals surface area contributed by atoms with Crippen molar-refractivity contribution in [3.05, 3.63) is 17.7 Å². The smallest absolute Gasteiger partial charge is 0.255 e. The van der Waals surface area contributed by atoms with Crippen molar-refractivity contribution in [3.8, 4) is 5.75 Å². The molecule has 2 atom stereocenters. The first-order chi connectivity index (χ1) is 12.7. The van der Waals surface area contributed by atoms with Gasteiger partial charge in [-0.1, -0.05) is 6.92 Å². The topological polar surface area (TPSA) is 99.8 Å². The Labute approximate surface area is 161 Å². The average molecular weight is 399 g/mol. The lowest BCUT2D eigenvalue weighted by atomic mass is 10.0. The first kappa shape index (κ1) is 21.3. The highest BCUT2D eigenvalue weighted by atomic mass is 32.2. The van der Waals surface area contributed by atoms with E-state index < -0.39 is 10.0 Å². The number of carbonyl (C=O) groups is 1. The van der Waals surface area contributed by atoms with Gasteiger partial charge in [0.15, 0.2) is 0 Å². The van der Waals surface area contributed by atoms with Crippen LogP contribution in [0.1, 0.15) is 36.5 Å². The fourth-order valence-corrected chi connectivity index (χ4v) is 3.92. The molecule has 1 aromatic carbocycles. The summed E-state index contributed by atoms with van der Waals surface area (Å²) in [6, 6.07) is 3.44. The third-order valence-corrected chi connectivity index (χ3v) is 5.27. The van der Waals surface area contributed by atoms with Gasteiger partial charge in [-0.2, -0.15) is 0 Å². The maximum absolute atomic E-state index is 12.9. The Morgan fingerprint density at radius 3 is 2.59 bits per heavy atom. The molecule has 0 radical (unpaired) electrons. The van der Waals surface area contributed by atoms with Crippen molar-refractivity contribution in [1.29, 1.82) is 0 Å². The van der Waals surface area contributed by atoms with Crippen LogP contribution in [0.5, 0.6) is 5.75 Å². The summed E-state index contributed by atoms with van der Waals surface area (Å²) in [5.74, 6) is 0.110. The third kappa shape index (κ3) is 5.49. The average Bonchev–Trinajstić information content (AvgIpc) is 3.11. The van der Waals surface area contributed by atoms with Gasteiger partial charge in [0, 0.05) is 32.2 Å². The molecule has 0 saturated carbocycles. The molecule has 27 heavy (non-hydrogen) atoms. The molecule has 1 amide bonds. The van der Waals surface area contributed by atoms with Crippen LogP contribution in [0.2, 0.25) is 0 Å². The molecule has 2 unspecified atom stereocenters. The summed E-state index contributed by atoms with van der Waals surface area (Å²) in [5, 5.41) is 6.48. The predicted octanol–water partition coefficient (Wildman–Crippen LogP) is 1.39. The first-order valence-electron chi connectivity index (χ1n) is 9.07. The molecule has 9 heteroatoms. The van der Waals surface area contributed by atoms with Gasteiger partial charge in [0.25, 0.3) is 5.91 Å². The van der Waals surface area contributed by atoms with Crippen molar-refractivity contribution in [2.24, 2.45) is 0 Å². The minimum atomic E-state index is -3.50. The summed E-state index contributed by atoms with van der Waals surface area (Å²) >= 11 is 0. The number of carbonyl (C=O) groups excluding carboxylic acids is 1. The Bertz CT molecular complexity index is 774. The van der Waals surface area contributed by atoms with Crippen molar-refractivity contribution in [1.82, 2.24) is 10.6 Å². The van der Waals surface area contributed by atoms with Gasteiger partial charge in [0.1, 0.15) is 5.75 Å². The van der Waals surface area contributed by atoms with Crippen molar-refractivity contribution >= 4 is 27.3 Å². The minimum absolute atomic E-state index is 0.00421. The predicted molar refractivity (Wildman–Crippen MR) is 108 cm³/mol. The fraction of sp³-hybridized carbons (Fsp3) is 0.611. The summed E-state index contributed by atoms with van der Waals surface area (Å²) in [6.45, 7) is 2.99. The van der Waals surface area contributed by atoms with Crippen molar-refractivity contribution in [2.75, 3.05) is 43.6 Å².